The van der Waals surface area contributed by atoms with E-state index in [-0.39, 0.29) is 12.4 Å². The Labute approximate surface area is 172 Å². The van der Waals surface area contributed by atoms with Crippen LogP contribution in [0.2, 0.25) is 0 Å². The SMILES string of the molecule is O=C(NNC(=O)c1ccccc1Br)c1ccc(COc2ccc(Br)cc2)o1. The van der Waals surface area contributed by atoms with Crippen LogP contribution in [0.25, 0.3) is 0 Å². The van der Waals surface area contributed by atoms with Crippen LogP contribution in [0.3, 0.4) is 0 Å². The van der Waals surface area contributed by atoms with Crippen molar-refractivity contribution in [2.45, 2.75) is 6.61 Å². The van der Waals surface area contributed by atoms with Crippen molar-refractivity contribution in [2.75, 3.05) is 0 Å². The summed E-state index contributed by atoms with van der Waals surface area (Å²) in [5, 5.41) is 0. The van der Waals surface area contributed by atoms with Gasteiger partial charge in [-0.3, -0.25) is 20.4 Å². The van der Waals surface area contributed by atoms with Crippen LogP contribution in [0.15, 0.2) is 74.0 Å². The van der Waals surface area contributed by atoms with Gasteiger partial charge < -0.3 is 9.15 Å². The van der Waals surface area contributed by atoms with E-state index in [9.17, 15) is 9.59 Å². The molecule has 0 saturated heterocycles. The average molecular weight is 494 g/mol. The number of hydrogen-bond donors (Lipinski definition) is 2. The van der Waals surface area contributed by atoms with Crippen molar-refractivity contribution in [3.63, 3.8) is 0 Å². The van der Waals surface area contributed by atoms with Crippen LogP contribution in [0.5, 0.6) is 5.75 Å². The van der Waals surface area contributed by atoms with E-state index in [4.69, 9.17) is 9.15 Å². The van der Waals surface area contributed by atoms with Crippen molar-refractivity contribution in [1.82, 2.24) is 10.9 Å². The number of amides is 2. The van der Waals surface area contributed by atoms with E-state index in [1.54, 1.807) is 30.3 Å². The van der Waals surface area contributed by atoms with E-state index < -0.39 is 11.8 Å². The zero-order valence-electron chi connectivity index (χ0n) is 13.9. The highest BCUT2D eigenvalue weighted by molar-refractivity contribution is 9.10. The number of rotatable bonds is 5. The maximum absolute atomic E-state index is 12.1. The smallest absolute Gasteiger partial charge is 0.305 e. The molecule has 0 atom stereocenters. The van der Waals surface area contributed by atoms with Gasteiger partial charge in [0.15, 0.2) is 5.76 Å². The van der Waals surface area contributed by atoms with Crippen molar-refractivity contribution < 1.29 is 18.7 Å². The molecule has 27 heavy (non-hydrogen) atoms. The second-order valence-corrected chi connectivity index (χ2v) is 7.17. The zero-order chi connectivity index (χ0) is 19.2. The van der Waals surface area contributed by atoms with Gasteiger partial charge in [-0.25, -0.2) is 0 Å². The number of hydrazine groups is 1. The van der Waals surface area contributed by atoms with Gasteiger partial charge in [-0.05, 0) is 64.5 Å². The Morgan fingerprint density at radius 3 is 2.33 bits per heavy atom. The molecule has 8 heteroatoms. The molecular weight excluding hydrogens is 480 g/mol. The van der Waals surface area contributed by atoms with Crippen LogP contribution in [0, 0.1) is 0 Å². The molecule has 2 aromatic carbocycles. The third kappa shape index (κ3) is 5.21. The van der Waals surface area contributed by atoms with Crippen LogP contribution in [0.1, 0.15) is 26.7 Å². The summed E-state index contributed by atoms with van der Waals surface area (Å²) < 4.78 is 12.6. The first kappa shape index (κ1) is 19.2. The van der Waals surface area contributed by atoms with Gasteiger partial charge in [-0.15, -0.1) is 0 Å². The minimum atomic E-state index is -0.565. The summed E-state index contributed by atoms with van der Waals surface area (Å²) in [5.41, 5.74) is 5.07. The Balaban J connectivity index is 1.53. The highest BCUT2D eigenvalue weighted by Crippen LogP contribution is 2.18. The van der Waals surface area contributed by atoms with E-state index in [1.807, 2.05) is 24.3 Å². The third-order valence-corrected chi connectivity index (χ3v) is 4.71. The summed E-state index contributed by atoms with van der Waals surface area (Å²) in [5.74, 6) is 0.227. The maximum Gasteiger partial charge on any atom is 0.305 e. The van der Waals surface area contributed by atoms with E-state index in [0.717, 1.165) is 4.47 Å². The van der Waals surface area contributed by atoms with E-state index in [1.165, 1.54) is 6.07 Å². The van der Waals surface area contributed by atoms with Crippen molar-refractivity contribution in [3.05, 3.63) is 86.7 Å². The Bertz CT molecular complexity index is 954. The van der Waals surface area contributed by atoms with E-state index in [2.05, 4.69) is 42.7 Å². The number of benzene rings is 2. The van der Waals surface area contributed by atoms with Gasteiger partial charge in [0.25, 0.3) is 5.91 Å². The molecular formula is C19H14Br2N2O4. The number of furan rings is 1. The van der Waals surface area contributed by atoms with Gasteiger partial charge in [0.2, 0.25) is 0 Å². The minimum Gasteiger partial charge on any atom is -0.486 e. The van der Waals surface area contributed by atoms with E-state index in [0.29, 0.717) is 21.5 Å². The van der Waals surface area contributed by atoms with Gasteiger partial charge in [0.05, 0.1) is 5.56 Å². The number of hydrogen-bond acceptors (Lipinski definition) is 4. The second kappa shape index (κ2) is 8.88. The highest BCUT2D eigenvalue weighted by Gasteiger charge is 2.14. The number of carbonyl (C=O) groups excluding carboxylic acids is 2. The first-order chi connectivity index (χ1) is 13.0. The molecule has 3 rings (SSSR count). The Hall–Kier alpha value is -2.58. The number of nitrogens with one attached hydrogen (secondary N) is 2. The molecule has 0 aliphatic rings. The summed E-state index contributed by atoms with van der Waals surface area (Å²) in [6.45, 7) is 0.179. The summed E-state index contributed by atoms with van der Waals surface area (Å²) in [4.78, 5) is 24.2. The molecule has 0 bridgehead atoms. The summed E-state index contributed by atoms with van der Waals surface area (Å²) >= 11 is 6.64. The monoisotopic (exact) mass is 492 g/mol. The highest BCUT2D eigenvalue weighted by atomic mass is 79.9. The Morgan fingerprint density at radius 2 is 1.59 bits per heavy atom. The van der Waals surface area contributed by atoms with Gasteiger partial charge in [0, 0.05) is 8.95 Å². The maximum atomic E-state index is 12.1. The molecule has 3 aromatic rings. The van der Waals surface area contributed by atoms with Gasteiger partial charge in [-0.2, -0.15) is 0 Å². The second-order valence-electron chi connectivity index (χ2n) is 5.40. The summed E-state index contributed by atoms with van der Waals surface area (Å²) in [6, 6.07) is 17.4. The molecule has 2 N–H and O–H groups in total. The lowest BCUT2D eigenvalue weighted by Crippen LogP contribution is -2.41. The lowest BCUT2D eigenvalue weighted by molar-refractivity contribution is 0.0828. The summed E-state index contributed by atoms with van der Waals surface area (Å²) in [6.07, 6.45) is 0. The molecule has 6 nitrogen and oxygen atoms in total. The average Bonchev–Trinajstić information content (AvgIpc) is 3.15. The number of ether oxygens (including phenoxy) is 1. The van der Waals surface area contributed by atoms with Gasteiger partial charge in [0.1, 0.15) is 18.1 Å². The molecule has 0 unspecified atom stereocenters. The van der Waals surface area contributed by atoms with Gasteiger partial charge >= 0.3 is 5.91 Å². The Morgan fingerprint density at radius 1 is 0.889 bits per heavy atom. The van der Waals surface area contributed by atoms with Gasteiger partial charge in [-0.1, -0.05) is 28.1 Å². The molecule has 0 radical (unpaired) electrons. The van der Waals surface area contributed by atoms with Crippen molar-refractivity contribution >= 4 is 43.7 Å². The fourth-order valence-corrected chi connectivity index (χ4v) is 2.88. The molecule has 0 aliphatic carbocycles. The predicted octanol–water partition coefficient (Wildman–Crippen LogP) is 4.46. The fraction of sp³-hybridized carbons (Fsp3) is 0.0526. The molecule has 1 heterocycles. The fourth-order valence-electron chi connectivity index (χ4n) is 2.15. The van der Waals surface area contributed by atoms with Crippen molar-refractivity contribution in [2.24, 2.45) is 0 Å². The predicted molar refractivity (Wildman–Crippen MR) is 106 cm³/mol. The largest absolute Gasteiger partial charge is 0.486 e. The van der Waals surface area contributed by atoms with Crippen molar-refractivity contribution in [3.8, 4) is 5.75 Å². The Kier molecular flexibility index (Phi) is 6.31. The molecule has 0 saturated carbocycles. The topological polar surface area (TPSA) is 80.6 Å². The molecule has 2 amide bonds. The quantitative estimate of drug-likeness (QED) is 0.514. The number of carbonyl (C=O) groups is 2. The van der Waals surface area contributed by atoms with Crippen molar-refractivity contribution in [1.29, 1.82) is 0 Å². The molecule has 1 aromatic heterocycles. The van der Waals surface area contributed by atoms with Crippen LogP contribution >= 0.6 is 31.9 Å². The number of halogens is 2. The zero-order valence-corrected chi connectivity index (χ0v) is 17.0. The standard InChI is InChI=1S/C19H14Br2N2O4/c20-12-5-7-13(8-6-12)26-11-14-9-10-17(27-14)19(25)23-22-18(24)15-3-1-2-4-16(15)21/h1-10H,11H2,(H,22,24)(H,23,25). The van der Waals surface area contributed by atoms with Crippen LogP contribution in [-0.2, 0) is 6.61 Å². The van der Waals surface area contributed by atoms with Crippen LogP contribution < -0.4 is 15.6 Å². The molecule has 0 aliphatic heterocycles. The lowest BCUT2D eigenvalue weighted by atomic mass is 10.2. The first-order valence-corrected chi connectivity index (χ1v) is 9.44. The minimum absolute atomic E-state index is 0.0665. The normalized spacial score (nSPS) is 10.3. The molecule has 0 fully saturated rings. The first-order valence-electron chi connectivity index (χ1n) is 7.85. The third-order valence-electron chi connectivity index (χ3n) is 3.49. The molecule has 0 spiro atoms. The lowest BCUT2D eigenvalue weighted by Gasteiger charge is -2.07. The van der Waals surface area contributed by atoms with E-state index >= 15 is 0 Å². The van der Waals surface area contributed by atoms with Crippen LogP contribution in [-0.4, -0.2) is 11.8 Å². The molecule has 138 valence electrons. The summed E-state index contributed by atoms with van der Waals surface area (Å²) in [7, 11) is 0. The van der Waals surface area contributed by atoms with Crippen LogP contribution in [0.4, 0.5) is 0 Å².